The zero-order valence-corrected chi connectivity index (χ0v) is 14.0. The summed E-state index contributed by atoms with van der Waals surface area (Å²) < 4.78 is 5.39. The number of rotatable bonds is 2. The van der Waals surface area contributed by atoms with E-state index < -0.39 is 5.60 Å². The van der Waals surface area contributed by atoms with E-state index in [-0.39, 0.29) is 6.09 Å². The lowest BCUT2D eigenvalue weighted by molar-refractivity contribution is 0.0171. The second-order valence-electron chi connectivity index (χ2n) is 6.48. The normalized spacial score (nSPS) is 16.0. The molecule has 0 aromatic heterocycles. The molecule has 0 N–H and O–H groups in total. The number of hydrogen-bond acceptors (Lipinski definition) is 3. The minimum atomic E-state index is -0.483. The van der Waals surface area contributed by atoms with Gasteiger partial charge in [0.05, 0.1) is 26.2 Å². The highest BCUT2D eigenvalue weighted by Gasteiger charge is 2.27. The second-order valence-corrected chi connectivity index (χ2v) is 6.48. The molecule has 1 amide bonds. The van der Waals surface area contributed by atoms with Gasteiger partial charge in [-0.2, -0.15) is 0 Å². The van der Waals surface area contributed by atoms with E-state index in [0.717, 1.165) is 5.56 Å². The van der Waals surface area contributed by atoms with Crippen molar-refractivity contribution in [2.75, 3.05) is 26.2 Å². The van der Waals surface area contributed by atoms with Gasteiger partial charge < -0.3 is 19.4 Å². The molecule has 0 unspecified atom stereocenters. The lowest BCUT2D eigenvalue weighted by atomic mass is 10.2. The standard InChI is InChI=1S/C18H23N3O2/c1-18(2,3)23-17(22)21-12-10-20(11-13-21)16(19-4)14-15-8-6-5-7-9-15/h5-9,14H,10-13H2,1-3H3. The third-order valence-corrected chi connectivity index (χ3v) is 3.47. The Labute approximate surface area is 138 Å². The number of carbonyl (C=O) groups excluding carboxylic acids is 1. The van der Waals surface area contributed by atoms with Crippen LogP contribution < -0.4 is 0 Å². The van der Waals surface area contributed by atoms with Gasteiger partial charge in [-0.05, 0) is 32.4 Å². The Morgan fingerprint density at radius 2 is 1.70 bits per heavy atom. The van der Waals surface area contributed by atoms with Gasteiger partial charge in [0.25, 0.3) is 0 Å². The van der Waals surface area contributed by atoms with Crippen LogP contribution in [-0.4, -0.2) is 47.7 Å². The van der Waals surface area contributed by atoms with Crippen LogP contribution >= 0.6 is 0 Å². The molecule has 0 radical (unpaired) electrons. The van der Waals surface area contributed by atoms with Gasteiger partial charge in [-0.1, -0.05) is 36.9 Å². The van der Waals surface area contributed by atoms with Crippen molar-refractivity contribution < 1.29 is 9.53 Å². The average Bonchev–Trinajstić information content (AvgIpc) is 2.52. The quantitative estimate of drug-likeness (QED) is 0.785. The Morgan fingerprint density at radius 3 is 2.22 bits per heavy atom. The van der Waals surface area contributed by atoms with Crippen molar-refractivity contribution in [1.29, 1.82) is 0 Å². The minimum Gasteiger partial charge on any atom is -0.444 e. The number of hydrogen-bond donors (Lipinski definition) is 0. The second kappa shape index (κ2) is 7.19. The van der Waals surface area contributed by atoms with Crippen LogP contribution in [0, 0.1) is 6.57 Å². The monoisotopic (exact) mass is 313 g/mol. The van der Waals surface area contributed by atoms with Gasteiger partial charge in [-0.25, -0.2) is 4.79 Å². The Balaban J connectivity index is 1.97. The number of amides is 1. The third-order valence-electron chi connectivity index (χ3n) is 3.47. The zero-order valence-electron chi connectivity index (χ0n) is 14.0. The summed E-state index contributed by atoms with van der Waals surface area (Å²) in [6.07, 6.45) is 1.60. The topological polar surface area (TPSA) is 37.1 Å². The van der Waals surface area contributed by atoms with Gasteiger partial charge in [0.2, 0.25) is 5.82 Å². The van der Waals surface area contributed by atoms with E-state index in [9.17, 15) is 4.79 Å². The molecule has 0 atom stereocenters. The van der Waals surface area contributed by atoms with Crippen LogP contribution in [0.2, 0.25) is 0 Å². The summed E-state index contributed by atoms with van der Waals surface area (Å²) in [5.74, 6) is 0.611. The number of benzene rings is 1. The third kappa shape index (κ3) is 5.03. The van der Waals surface area contributed by atoms with E-state index in [1.54, 1.807) is 4.90 Å². The van der Waals surface area contributed by atoms with E-state index in [2.05, 4.69) is 4.85 Å². The fraction of sp³-hybridized carbons (Fsp3) is 0.444. The molecule has 1 saturated heterocycles. The predicted octanol–water partition coefficient (Wildman–Crippen LogP) is 3.46. The van der Waals surface area contributed by atoms with E-state index in [4.69, 9.17) is 11.3 Å². The predicted molar refractivity (Wildman–Crippen MR) is 90.4 cm³/mol. The molecule has 122 valence electrons. The molecule has 1 aromatic rings. The molecule has 5 heteroatoms. The molecule has 1 heterocycles. The van der Waals surface area contributed by atoms with Crippen LogP contribution in [0.5, 0.6) is 0 Å². The zero-order chi connectivity index (χ0) is 16.9. The molecular formula is C18H23N3O2. The van der Waals surface area contributed by atoms with Gasteiger partial charge in [-0.3, -0.25) is 0 Å². The molecule has 5 nitrogen and oxygen atoms in total. The molecule has 23 heavy (non-hydrogen) atoms. The summed E-state index contributed by atoms with van der Waals surface area (Å²) in [6.45, 7) is 15.4. The molecule has 0 bridgehead atoms. The summed E-state index contributed by atoms with van der Waals surface area (Å²) in [6, 6.07) is 9.81. The van der Waals surface area contributed by atoms with E-state index in [0.29, 0.717) is 32.0 Å². The first kappa shape index (κ1) is 16.9. The van der Waals surface area contributed by atoms with Crippen molar-refractivity contribution in [3.63, 3.8) is 0 Å². The summed E-state index contributed by atoms with van der Waals surface area (Å²) in [4.78, 5) is 19.4. The lowest BCUT2D eigenvalue weighted by Crippen LogP contribution is -2.49. The van der Waals surface area contributed by atoms with Crippen molar-refractivity contribution in [3.05, 3.63) is 53.1 Å². The Hall–Kier alpha value is -2.48. The molecule has 0 saturated carbocycles. The molecule has 1 aliphatic heterocycles. The molecule has 1 fully saturated rings. The van der Waals surface area contributed by atoms with Gasteiger partial charge in [0.15, 0.2) is 0 Å². The van der Waals surface area contributed by atoms with Crippen LogP contribution in [0.15, 0.2) is 36.2 Å². The number of nitrogens with zero attached hydrogens (tertiary/aromatic N) is 3. The SMILES string of the molecule is [C-]#[N+]C(=Cc1ccccc1)N1CCN(C(=O)OC(C)(C)C)CC1. The summed E-state index contributed by atoms with van der Waals surface area (Å²) >= 11 is 0. The van der Waals surface area contributed by atoms with Gasteiger partial charge in [0, 0.05) is 0 Å². The highest BCUT2D eigenvalue weighted by Crippen LogP contribution is 2.17. The Morgan fingerprint density at radius 1 is 1.13 bits per heavy atom. The smallest absolute Gasteiger partial charge is 0.410 e. The first-order chi connectivity index (χ1) is 10.9. The first-order valence-corrected chi connectivity index (χ1v) is 7.76. The maximum Gasteiger partial charge on any atom is 0.410 e. The van der Waals surface area contributed by atoms with Gasteiger partial charge in [-0.15, -0.1) is 0 Å². The fourth-order valence-electron chi connectivity index (χ4n) is 2.34. The summed E-state index contributed by atoms with van der Waals surface area (Å²) in [7, 11) is 0. The van der Waals surface area contributed by atoms with Crippen LogP contribution in [-0.2, 0) is 4.74 Å². The number of piperazine rings is 1. The number of ether oxygens (including phenoxy) is 1. The maximum atomic E-state index is 12.1. The van der Waals surface area contributed by atoms with Crippen LogP contribution in [0.4, 0.5) is 4.79 Å². The minimum absolute atomic E-state index is 0.284. The molecule has 1 aliphatic rings. The number of carbonyl (C=O) groups is 1. The first-order valence-electron chi connectivity index (χ1n) is 7.76. The van der Waals surface area contributed by atoms with Gasteiger partial charge >= 0.3 is 6.09 Å². The molecule has 0 aliphatic carbocycles. The van der Waals surface area contributed by atoms with Crippen LogP contribution in [0.3, 0.4) is 0 Å². The lowest BCUT2D eigenvalue weighted by Gasteiger charge is -2.34. The molecular weight excluding hydrogens is 290 g/mol. The molecule has 0 spiro atoms. The van der Waals surface area contributed by atoms with Crippen molar-refractivity contribution in [2.24, 2.45) is 0 Å². The fourth-order valence-corrected chi connectivity index (χ4v) is 2.34. The maximum absolute atomic E-state index is 12.1. The molecule has 2 rings (SSSR count). The van der Waals surface area contributed by atoms with Crippen LogP contribution in [0.1, 0.15) is 26.3 Å². The highest BCUT2D eigenvalue weighted by molar-refractivity contribution is 5.68. The van der Waals surface area contributed by atoms with E-state index in [1.165, 1.54) is 0 Å². The van der Waals surface area contributed by atoms with E-state index >= 15 is 0 Å². The van der Waals surface area contributed by atoms with Crippen molar-refractivity contribution in [1.82, 2.24) is 9.80 Å². The van der Waals surface area contributed by atoms with Crippen molar-refractivity contribution >= 4 is 12.2 Å². The van der Waals surface area contributed by atoms with Gasteiger partial charge in [0.1, 0.15) is 5.60 Å². The molecule has 1 aromatic carbocycles. The van der Waals surface area contributed by atoms with E-state index in [1.807, 2.05) is 62.1 Å². The average molecular weight is 313 g/mol. The summed E-state index contributed by atoms with van der Waals surface area (Å²) in [5.41, 5.74) is 0.524. The summed E-state index contributed by atoms with van der Waals surface area (Å²) in [5, 5.41) is 0. The van der Waals surface area contributed by atoms with Crippen molar-refractivity contribution in [3.8, 4) is 0 Å². The largest absolute Gasteiger partial charge is 0.444 e. The van der Waals surface area contributed by atoms with Crippen molar-refractivity contribution in [2.45, 2.75) is 26.4 Å². The van der Waals surface area contributed by atoms with Crippen LogP contribution in [0.25, 0.3) is 10.9 Å². The highest BCUT2D eigenvalue weighted by atomic mass is 16.6. The Kier molecular flexibility index (Phi) is 5.28. The Bertz CT molecular complexity index is 603.